The molecule has 1 N–H and O–H groups in total. The fourth-order valence-electron chi connectivity index (χ4n) is 1.03. The average Bonchev–Trinajstić information content (AvgIpc) is 2.14. The van der Waals surface area contributed by atoms with Gasteiger partial charge in [0.15, 0.2) is 11.6 Å². The van der Waals surface area contributed by atoms with Crippen LogP contribution in [0.4, 0.5) is 14.5 Å². The fourth-order valence-corrected chi connectivity index (χ4v) is 1.03. The minimum absolute atomic E-state index is 0.534. The lowest BCUT2D eigenvalue weighted by molar-refractivity contribution is 0.508. The SMILES string of the molecule is CN=C(C)Nc1cc(F)c(F)cc1C. The molecule has 0 saturated heterocycles. The minimum atomic E-state index is -0.859. The highest BCUT2D eigenvalue weighted by Crippen LogP contribution is 2.18. The lowest BCUT2D eigenvalue weighted by Gasteiger charge is -2.08. The zero-order valence-electron chi connectivity index (χ0n) is 8.36. The summed E-state index contributed by atoms with van der Waals surface area (Å²) >= 11 is 0. The third-order valence-electron chi connectivity index (χ3n) is 1.92. The molecular formula is C10H12F2N2. The summed E-state index contributed by atoms with van der Waals surface area (Å²) in [6, 6.07) is 2.28. The van der Waals surface area contributed by atoms with Crippen LogP contribution < -0.4 is 5.32 Å². The third kappa shape index (κ3) is 2.28. The van der Waals surface area contributed by atoms with Crippen molar-refractivity contribution in [2.75, 3.05) is 12.4 Å². The van der Waals surface area contributed by atoms with Crippen molar-refractivity contribution in [3.8, 4) is 0 Å². The first-order valence-corrected chi connectivity index (χ1v) is 4.20. The zero-order chi connectivity index (χ0) is 10.7. The van der Waals surface area contributed by atoms with Crippen molar-refractivity contribution in [1.82, 2.24) is 0 Å². The van der Waals surface area contributed by atoms with Crippen LogP contribution in [0.3, 0.4) is 0 Å². The van der Waals surface area contributed by atoms with Crippen molar-refractivity contribution in [2.45, 2.75) is 13.8 Å². The van der Waals surface area contributed by atoms with E-state index in [1.165, 1.54) is 0 Å². The van der Waals surface area contributed by atoms with E-state index in [9.17, 15) is 8.78 Å². The highest BCUT2D eigenvalue weighted by molar-refractivity contribution is 5.94. The second kappa shape index (κ2) is 4.17. The number of aryl methyl sites for hydroxylation is 1. The summed E-state index contributed by atoms with van der Waals surface area (Å²) < 4.78 is 25.6. The molecular weight excluding hydrogens is 186 g/mol. The first kappa shape index (κ1) is 10.6. The van der Waals surface area contributed by atoms with Crippen molar-refractivity contribution in [1.29, 1.82) is 0 Å². The van der Waals surface area contributed by atoms with Gasteiger partial charge in [0.1, 0.15) is 0 Å². The summed E-state index contributed by atoms with van der Waals surface area (Å²) in [5, 5.41) is 2.87. The van der Waals surface area contributed by atoms with E-state index < -0.39 is 11.6 Å². The number of benzene rings is 1. The van der Waals surface area contributed by atoms with Gasteiger partial charge in [0.05, 0.1) is 5.84 Å². The zero-order valence-corrected chi connectivity index (χ0v) is 8.36. The summed E-state index contributed by atoms with van der Waals surface area (Å²) in [5.74, 6) is -1.04. The van der Waals surface area contributed by atoms with Gasteiger partial charge in [-0.15, -0.1) is 0 Å². The van der Waals surface area contributed by atoms with Gasteiger partial charge in [0.25, 0.3) is 0 Å². The minimum Gasteiger partial charge on any atom is -0.344 e. The normalized spacial score (nSPS) is 11.6. The largest absolute Gasteiger partial charge is 0.344 e. The van der Waals surface area contributed by atoms with Gasteiger partial charge >= 0.3 is 0 Å². The molecule has 76 valence electrons. The van der Waals surface area contributed by atoms with Crippen LogP contribution in [-0.2, 0) is 0 Å². The molecule has 1 aromatic rings. The van der Waals surface area contributed by atoms with Gasteiger partial charge in [-0.1, -0.05) is 0 Å². The second-order valence-corrected chi connectivity index (χ2v) is 3.02. The van der Waals surface area contributed by atoms with E-state index in [4.69, 9.17) is 0 Å². The number of hydrogen-bond donors (Lipinski definition) is 1. The molecule has 0 unspecified atom stereocenters. The maximum atomic E-state index is 12.9. The molecule has 0 fully saturated rings. The molecule has 1 rings (SSSR count). The molecule has 0 atom stereocenters. The number of nitrogens with one attached hydrogen (secondary N) is 1. The van der Waals surface area contributed by atoms with Gasteiger partial charge in [-0.25, -0.2) is 8.78 Å². The molecule has 4 heteroatoms. The van der Waals surface area contributed by atoms with Crippen LogP contribution in [0, 0.1) is 18.6 Å². The smallest absolute Gasteiger partial charge is 0.160 e. The molecule has 0 radical (unpaired) electrons. The van der Waals surface area contributed by atoms with Crippen LogP contribution in [0.25, 0.3) is 0 Å². The Morgan fingerprint density at radius 1 is 1.29 bits per heavy atom. The fraction of sp³-hybridized carbons (Fsp3) is 0.300. The lowest BCUT2D eigenvalue weighted by atomic mass is 10.2. The van der Waals surface area contributed by atoms with Gasteiger partial charge in [0, 0.05) is 18.8 Å². The third-order valence-corrected chi connectivity index (χ3v) is 1.92. The Balaban J connectivity index is 3.04. The number of anilines is 1. The van der Waals surface area contributed by atoms with E-state index in [0.29, 0.717) is 17.1 Å². The topological polar surface area (TPSA) is 24.4 Å². The predicted octanol–water partition coefficient (Wildman–Crippen LogP) is 2.73. The molecule has 0 aliphatic heterocycles. The van der Waals surface area contributed by atoms with Gasteiger partial charge in [-0.3, -0.25) is 4.99 Å². The Labute approximate surface area is 81.7 Å². The Kier molecular flexibility index (Phi) is 3.17. The van der Waals surface area contributed by atoms with Gasteiger partial charge in [-0.05, 0) is 25.5 Å². The number of aliphatic imine (C=N–C) groups is 1. The summed E-state index contributed by atoms with van der Waals surface area (Å²) in [6.45, 7) is 3.45. The standard InChI is InChI=1S/C10H12F2N2/c1-6-4-8(11)9(12)5-10(6)14-7(2)13-3/h4-5H,1-3H3,(H,13,14). The van der Waals surface area contributed by atoms with Crippen LogP contribution in [0.1, 0.15) is 12.5 Å². The molecule has 0 saturated carbocycles. The van der Waals surface area contributed by atoms with Crippen LogP contribution in [-0.4, -0.2) is 12.9 Å². The van der Waals surface area contributed by atoms with Crippen molar-refractivity contribution in [3.05, 3.63) is 29.3 Å². The van der Waals surface area contributed by atoms with Gasteiger partial charge < -0.3 is 5.32 Å². The molecule has 0 aromatic heterocycles. The van der Waals surface area contributed by atoms with Crippen molar-refractivity contribution < 1.29 is 8.78 Å². The van der Waals surface area contributed by atoms with Crippen molar-refractivity contribution in [2.24, 2.45) is 4.99 Å². The highest BCUT2D eigenvalue weighted by Gasteiger charge is 2.06. The first-order chi connectivity index (χ1) is 6.54. The number of halogens is 2. The molecule has 0 bridgehead atoms. The molecule has 0 heterocycles. The quantitative estimate of drug-likeness (QED) is 0.544. The van der Waals surface area contributed by atoms with E-state index in [1.54, 1.807) is 20.9 Å². The molecule has 2 nitrogen and oxygen atoms in total. The molecule has 14 heavy (non-hydrogen) atoms. The Morgan fingerprint density at radius 3 is 2.43 bits per heavy atom. The molecule has 0 aliphatic carbocycles. The summed E-state index contributed by atoms with van der Waals surface area (Å²) in [6.07, 6.45) is 0. The number of hydrogen-bond acceptors (Lipinski definition) is 1. The number of nitrogens with zero attached hydrogens (tertiary/aromatic N) is 1. The average molecular weight is 198 g/mol. The summed E-state index contributed by atoms with van der Waals surface area (Å²) in [4.78, 5) is 3.87. The van der Waals surface area contributed by atoms with E-state index in [1.807, 2.05) is 0 Å². The number of amidine groups is 1. The van der Waals surface area contributed by atoms with E-state index in [0.717, 1.165) is 12.1 Å². The van der Waals surface area contributed by atoms with E-state index in [-0.39, 0.29) is 0 Å². The highest BCUT2D eigenvalue weighted by atomic mass is 19.2. The van der Waals surface area contributed by atoms with Crippen LogP contribution in [0.5, 0.6) is 0 Å². The Hall–Kier alpha value is -1.45. The first-order valence-electron chi connectivity index (χ1n) is 4.20. The van der Waals surface area contributed by atoms with Crippen molar-refractivity contribution >= 4 is 11.5 Å². The van der Waals surface area contributed by atoms with E-state index in [2.05, 4.69) is 10.3 Å². The summed E-state index contributed by atoms with van der Waals surface area (Å²) in [5.41, 5.74) is 1.18. The Bertz CT molecular complexity index is 373. The second-order valence-electron chi connectivity index (χ2n) is 3.02. The van der Waals surface area contributed by atoms with Crippen molar-refractivity contribution in [3.63, 3.8) is 0 Å². The van der Waals surface area contributed by atoms with Crippen LogP contribution in [0.15, 0.2) is 17.1 Å². The molecule has 0 aliphatic rings. The maximum absolute atomic E-state index is 12.9. The molecule has 0 amide bonds. The van der Waals surface area contributed by atoms with Gasteiger partial charge in [0.2, 0.25) is 0 Å². The van der Waals surface area contributed by atoms with E-state index >= 15 is 0 Å². The monoisotopic (exact) mass is 198 g/mol. The Morgan fingerprint density at radius 2 is 1.86 bits per heavy atom. The summed E-state index contributed by atoms with van der Waals surface area (Å²) in [7, 11) is 1.62. The molecule has 0 spiro atoms. The predicted molar refractivity (Wildman–Crippen MR) is 53.8 cm³/mol. The van der Waals surface area contributed by atoms with Gasteiger partial charge in [-0.2, -0.15) is 0 Å². The van der Waals surface area contributed by atoms with Crippen LogP contribution >= 0.6 is 0 Å². The van der Waals surface area contributed by atoms with Crippen LogP contribution in [0.2, 0.25) is 0 Å². The molecule has 1 aromatic carbocycles. The lowest BCUT2D eigenvalue weighted by Crippen LogP contribution is -2.08. The maximum Gasteiger partial charge on any atom is 0.160 e. The number of rotatable bonds is 1.